The van der Waals surface area contributed by atoms with Crippen LogP contribution in [0.1, 0.15) is 98.3 Å². The minimum absolute atomic E-state index is 0.243. The molecule has 1 nitrogen and oxygen atoms in total. The van der Waals surface area contributed by atoms with Crippen LogP contribution in [-0.4, -0.2) is 16.9 Å². The summed E-state index contributed by atoms with van der Waals surface area (Å²) in [5, 5.41) is 10.6. The molecule has 4 heteroatoms. The first-order valence-electron chi connectivity index (χ1n) is 12.4. The van der Waals surface area contributed by atoms with E-state index in [0.717, 1.165) is 49.9 Å². The molecule has 30 heavy (non-hydrogen) atoms. The monoisotopic (exact) mass is 426 g/mol. The zero-order chi connectivity index (χ0) is 21.9. The third kappa shape index (κ3) is 3.77. The molecule has 4 aliphatic carbocycles. The first-order valence-corrected chi connectivity index (χ1v) is 12.4. The first-order chi connectivity index (χ1) is 13.9. The zero-order valence-electron chi connectivity index (χ0n) is 19.3. The van der Waals surface area contributed by atoms with Gasteiger partial charge in [-0.15, -0.1) is 0 Å². The van der Waals surface area contributed by atoms with E-state index in [1.54, 1.807) is 0 Å². The van der Waals surface area contributed by atoms with Crippen molar-refractivity contribution in [1.29, 1.82) is 0 Å². The zero-order valence-corrected chi connectivity index (χ0v) is 19.3. The predicted molar refractivity (Wildman–Crippen MR) is 115 cm³/mol. The number of alkyl halides is 3. The van der Waals surface area contributed by atoms with Gasteiger partial charge in [0, 0.05) is 0 Å². The molecule has 0 aromatic carbocycles. The fraction of sp³-hybridized carbons (Fsp3) is 0.923. The Morgan fingerprint density at radius 2 is 1.80 bits per heavy atom. The highest BCUT2D eigenvalue weighted by molar-refractivity contribution is 5.26. The SMILES string of the molecule is CC(CCCC1CCC2C3CC=C4C[C@@](C)(O)CCC4(C)C3CCC12C)C(F)(F)F. The van der Waals surface area contributed by atoms with E-state index in [4.69, 9.17) is 0 Å². The molecule has 4 rings (SSSR count). The van der Waals surface area contributed by atoms with Gasteiger partial charge in [0.25, 0.3) is 0 Å². The van der Waals surface area contributed by atoms with Crippen LogP contribution >= 0.6 is 0 Å². The van der Waals surface area contributed by atoms with E-state index in [0.29, 0.717) is 17.8 Å². The van der Waals surface area contributed by atoms with Crippen molar-refractivity contribution in [3.63, 3.8) is 0 Å². The van der Waals surface area contributed by atoms with Gasteiger partial charge < -0.3 is 5.11 Å². The molecule has 0 spiro atoms. The van der Waals surface area contributed by atoms with E-state index in [1.165, 1.54) is 38.2 Å². The second kappa shape index (κ2) is 7.52. The van der Waals surface area contributed by atoms with Crippen molar-refractivity contribution in [3.8, 4) is 0 Å². The molecule has 7 unspecified atom stereocenters. The van der Waals surface area contributed by atoms with Crippen LogP contribution in [0.4, 0.5) is 13.2 Å². The Bertz CT molecular complexity index is 680. The fourth-order valence-electron chi connectivity index (χ4n) is 8.22. The summed E-state index contributed by atoms with van der Waals surface area (Å²) in [6.07, 6.45) is 9.27. The topological polar surface area (TPSA) is 20.2 Å². The van der Waals surface area contributed by atoms with Crippen molar-refractivity contribution >= 4 is 0 Å². The Hall–Kier alpha value is -0.510. The molecular weight excluding hydrogens is 385 g/mol. The van der Waals surface area contributed by atoms with Crippen LogP contribution in [-0.2, 0) is 0 Å². The number of aliphatic hydroxyl groups is 1. The third-order valence-electron chi connectivity index (χ3n) is 10.3. The van der Waals surface area contributed by atoms with Crippen LogP contribution < -0.4 is 0 Å². The number of hydrogen-bond donors (Lipinski definition) is 1. The Morgan fingerprint density at radius 1 is 1.07 bits per heavy atom. The number of halogens is 3. The maximum atomic E-state index is 12.9. The molecule has 0 radical (unpaired) electrons. The minimum atomic E-state index is -4.05. The third-order valence-corrected chi connectivity index (χ3v) is 10.3. The number of allylic oxidation sites excluding steroid dienone is 1. The molecular formula is C26H41F3O. The van der Waals surface area contributed by atoms with Crippen LogP contribution in [0.5, 0.6) is 0 Å². The lowest BCUT2D eigenvalue weighted by atomic mass is 9.46. The highest BCUT2D eigenvalue weighted by Crippen LogP contribution is 2.67. The smallest absolute Gasteiger partial charge is 0.390 e. The van der Waals surface area contributed by atoms with Gasteiger partial charge in [0.2, 0.25) is 0 Å². The van der Waals surface area contributed by atoms with E-state index >= 15 is 0 Å². The number of hydrogen-bond acceptors (Lipinski definition) is 1. The summed E-state index contributed by atoms with van der Waals surface area (Å²) in [6.45, 7) is 8.24. The molecule has 4 aliphatic rings. The van der Waals surface area contributed by atoms with Crippen LogP contribution in [0, 0.1) is 40.4 Å². The number of rotatable bonds is 4. The summed E-state index contributed by atoms with van der Waals surface area (Å²) >= 11 is 0. The van der Waals surface area contributed by atoms with Gasteiger partial charge in [-0.1, -0.05) is 38.8 Å². The van der Waals surface area contributed by atoms with Crippen molar-refractivity contribution in [1.82, 2.24) is 0 Å². The van der Waals surface area contributed by atoms with Gasteiger partial charge in [-0.05, 0) is 106 Å². The summed E-state index contributed by atoms with van der Waals surface area (Å²) in [6, 6.07) is 0. The number of fused-ring (bicyclic) bond motifs is 5. The van der Waals surface area contributed by atoms with E-state index < -0.39 is 17.7 Å². The molecule has 0 aliphatic heterocycles. The molecule has 0 amide bonds. The Balaban J connectivity index is 1.44. The van der Waals surface area contributed by atoms with E-state index in [-0.39, 0.29) is 11.8 Å². The van der Waals surface area contributed by atoms with Crippen LogP contribution in [0.3, 0.4) is 0 Å². The summed E-state index contributed by atoms with van der Waals surface area (Å²) in [5.41, 5.74) is 1.50. The second-order valence-corrected chi connectivity index (χ2v) is 12.1. The maximum absolute atomic E-state index is 12.9. The minimum Gasteiger partial charge on any atom is -0.390 e. The first kappa shape index (κ1) is 22.7. The predicted octanol–water partition coefficient (Wildman–Crippen LogP) is 7.69. The van der Waals surface area contributed by atoms with Gasteiger partial charge in [-0.2, -0.15) is 13.2 Å². The molecule has 0 saturated heterocycles. The summed E-state index contributed by atoms with van der Waals surface area (Å²) < 4.78 is 38.6. The molecule has 0 bridgehead atoms. The highest BCUT2D eigenvalue weighted by atomic mass is 19.4. The maximum Gasteiger partial charge on any atom is 0.391 e. The Kier molecular flexibility index (Phi) is 5.69. The van der Waals surface area contributed by atoms with Gasteiger partial charge in [0.1, 0.15) is 0 Å². The molecule has 3 saturated carbocycles. The van der Waals surface area contributed by atoms with Crippen molar-refractivity contribution in [3.05, 3.63) is 11.6 Å². The average Bonchev–Trinajstić information content (AvgIpc) is 2.98. The molecule has 3 fully saturated rings. The van der Waals surface area contributed by atoms with E-state index in [9.17, 15) is 18.3 Å². The van der Waals surface area contributed by atoms with E-state index in [1.807, 2.05) is 6.92 Å². The molecule has 0 aromatic rings. The van der Waals surface area contributed by atoms with Gasteiger partial charge in [0.15, 0.2) is 0 Å². The molecule has 0 aromatic heterocycles. The average molecular weight is 427 g/mol. The quantitative estimate of drug-likeness (QED) is 0.457. The van der Waals surface area contributed by atoms with Gasteiger partial charge >= 0.3 is 6.18 Å². The normalized spacial score (nSPS) is 47.1. The Morgan fingerprint density at radius 3 is 2.50 bits per heavy atom. The fourth-order valence-corrected chi connectivity index (χ4v) is 8.22. The molecule has 172 valence electrons. The molecule has 0 heterocycles. The summed E-state index contributed by atoms with van der Waals surface area (Å²) in [7, 11) is 0. The molecule has 8 atom stereocenters. The second-order valence-electron chi connectivity index (χ2n) is 12.1. The van der Waals surface area contributed by atoms with Crippen LogP contribution in [0.15, 0.2) is 11.6 Å². The summed E-state index contributed by atoms with van der Waals surface area (Å²) in [5.74, 6) is 1.58. The van der Waals surface area contributed by atoms with Crippen LogP contribution in [0.2, 0.25) is 0 Å². The lowest BCUT2D eigenvalue weighted by Crippen LogP contribution is -2.51. The van der Waals surface area contributed by atoms with Crippen LogP contribution in [0.25, 0.3) is 0 Å². The van der Waals surface area contributed by atoms with Gasteiger partial charge in [-0.3, -0.25) is 0 Å². The lowest BCUT2D eigenvalue weighted by Gasteiger charge is -2.59. The summed E-state index contributed by atoms with van der Waals surface area (Å²) in [4.78, 5) is 0. The largest absolute Gasteiger partial charge is 0.391 e. The van der Waals surface area contributed by atoms with E-state index in [2.05, 4.69) is 19.9 Å². The van der Waals surface area contributed by atoms with Crippen molar-refractivity contribution in [2.75, 3.05) is 0 Å². The Labute approximate surface area is 180 Å². The standard InChI is InChI=1S/C26H41F3O/c1-17(26(27,28)29)6-5-7-18-9-11-21-20-10-8-19-16-23(2,30)14-15-25(19,4)22(20)12-13-24(18,21)3/h8,17-18,20-22,30H,5-7,9-16H2,1-4H3/t17?,18?,20?,21?,22?,23-,24?,25?/m0/s1. The van der Waals surface area contributed by atoms with Crippen molar-refractivity contribution in [2.45, 2.75) is 110 Å². The van der Waals surface area contributed by atoms with Crippen molar-refractivity contribution < 1.29 is 18.3 Å². The van der Waals surface area contributed by atoms with Gasteiger partial charge in [0.05, 0.1) is 11.5 Å². The van der Waals surface area contributed by atoms with Gasteiger partial charge in [-0.25, -0.2) is 0 Å². The lowest BCUT2D eigenvalue weighted by molar-refractivity contribution is -0.171. The van der Waals surface area contributed by atoms with Crippen molar-refractivity contribution in [2.24, 2.45) is 40.4 Å². The molecule has 1 N–H and O–H groups in total. The highest BCUT2D eigenvalue weighted by Gasteiger charge is 2.58.